The molecule has 1 aliphatic heterocycles. The minimum Gasteiger partial charge on any atom is -0.463 e. The van der Waals surface area contributed by atoms with Gasteiger partial charge in [0, 0.05) is 132 Å². The van der Waals surface area contributed by atoms with E-state index in [4.69, 9.17) is 24.4 Å². The average Bonchev–Trinajstić information content (AvgIpc) is 1.71. The lowest BCUT2D eigenvalue weighted by Gasteiger charge is -2.03. The standard InChI is InChI=1S/C20H18N4.C20H17N3.C18H16N4O.C18H16N4S.C18H16N4/c1-24-14-19(15-7-3-2-4-8-15)23-20(24)12-11-16-13-21-17-9-5-6-10-18(17)22-16;1-2-6-15(7-3-1)18-13-12-16(22-18)10-11-17-14-21-19-8-4-5-9-20(19)23-17;1-22-12-16(17-7-4-10-23-17)21-18(22)9-8-13-11-19-14-5-2-3-6-15(14)20-13;1-22-11-17(13-8-9-23-12-13)21-18(22)7-6-14-10-19-15-4-2-3-5-16(15)20-14;1-22-17-9-5-4-8-16(17)21-18(22)11-10-13-12-19-14-6-2-3-7-15(14)20-13/h2-10,13-14H,11-12H2,1H3;1-9,13-14H,10-12H2;2-7,10-12H,8-9H2,1H3;2-5,8-12H,6-7H2,1H3;2-9,12H,10-11H2,1H3. The lowest BCUT2D eigenvalue weighted by atomic mass is 10.1. The highest BCUT2D eigenvalue weighted by Crippen LogP contribution is 2.27. The zero-order valence-corrected chi connectivity index (χ0v) is 65.2. The van der Waals surface area contributed by atoms with E-state index in [0.29, 0.717) is 0 Å². The van der Waals surface area contributed by atoms with Crippen LogP contribution in [0.5, 0.6) is 0 Å². The Kier molecular flexibility index (Phi) is 23.5. The van der Waals surface area contributed by atoms with Gasteiger partial charge in [0.2, 0.25) is 0 Å². The Morgan fingerprint density at radius 2 is 0.678 bits per heavy atom. The van der Waals surface area contributed by atoms with E-state index in [-0.39, 0.29) is 0 Å². The summed E-state index contributed by atoms with van der Waals surface area (Å²) in [5, 5.41) is 4.20. The van der Waals surface area contributed by atoms with E-state index in [9.17, 15) is 0 Å². The second-order valence-corrected chi connectivity index (χ2v) is 28.8. The molecule has 0 fully saturated rings. The van der Waals surface area contributed by atoms with Crippen LogP contribution in [0, 0.1) is 0 Å². The SMILES string of the molecule is C1=C(c2ccccc2)N=C(CCc2cnc3ccccc3n2)C1.Cn1c(CCc2cnc3ccccc3n2)nc2ccccc21.Cn1cc(-c2ccccc2)nc1CCc1cnc2ccccc2n1.Cn1cc(-c2ccco2)nc1CCc1cnc2ccccc2n1.Cn1cc(-c2ccsc2)nc1CCc1cnc2ccccc2n1. The van der Waals surface area contributed by atoms with Crippen LogP contribution < -0.4 is 0 Å². The molecule has 0 N–H and O–H groups in total. The molecule has 19 aromatic rings. The van der Waals surface area contributed by atoms with Gasteiger partial charge in [-0.05, 0) is 140 Å². The molecule has 20 rings (SSSR count). The van der Waals surface area contributed by atoms with Gasteiger partial charge in [-0.2, -0.15) is 11.3 Å². The summed E-state index contributed by atoms with van der Waals surface area (Å²) in [7, 11) is 8.16. The van der Waals surface area contributed by atoms with E-state index in [1.54, 1.807) is 17.6 Å². The van der Waals surface area contributed by atoms with Crippen molar-refractivity contribution in [1.29, 1.82) is 0 Å². The summed E-state index contributed by atoms with van der Waals surface area (Å²) in [5.41, 5.74) is 25.4. The average molecular weight is 1530 g/mol. The number of nitrogens with zero attached hydrogens (tertiary/aromatic N) is 19. The molecule has 0 amide bonds. The number of rotatable bonds is 19. The number of furan rings is 1. The summed E-state index contributed by atoms with van der Waals surface area (Å²) in [6.45, 7) is 0. The van der Waals surface area contributed by atoms with Crippen molar-refractivity contribution >= 4 is 88.9 Å². The van der Waals surface area contributed by atoms with E-state index in [2.05, 4.69) is 147 Å². The van der Waals surface area contributed by atoms with E-state index in [1.165, 1.54) is 22.4 Å². The lowest BCUT2D eigenvalue weighted by molar-refractivity contribution is 0.580. The molecule has 0 aliphatic carbocycles. The fourth-order valence-electron chi connectivity index (χ4n) is 13.7. The zero-order valence-electron chi connectivity index (χ0n) is 64.4. The largest absolute Gasteiger partial charge is 0.463 e. The Morgan fingerprint density at radius 3 is 1.09 bits per heavy atom. The number of imidazole rings is 4. The van der Waals surface area contributed by atoms with Crippen molar-refractivity contribution in [2.75, 3.05) is 0 Å². The van der Waals surface area contributed by atoms with Gasteiger partial charge in [0.05, 0.1) is 118 Å². The van der Waals surface area contributed by atoms with Crippen LogP contribution in [-0.2, 0) is 86.0 Å². The lowest BCUT2D eigenvalue weighted by Crippen LogP contribution is -2.02. The van der Waals surface area contributed by atoms with Gasteiger partial charge in [0.1, 0.15) is 29.0 Å². The van der Waals surface area contributed by atoms with E-state index < -0.39 is 0 Å². The molecule has 0 unspecified atom stereocenters. The summed E-state index contributed by atoms with van der Waals surface area (Å²) in [6.07, 6.45) is 28.8. The molecule has 21 heteroatoms. The number of fused-ring (bicyclic) bond motifs is 6. The van der Waals surface area contributed by atoms with Crippen LogP contribution in [0.15, 0.2) is 307 Å². The number of hydrogen-bond acceptors (Lipinski definition) is 17. The topological polar surface area (TPSA) is 226 Å². The van der Waals surface area contributed by atoms with Crippen molar-refractivity contribution in [2.45, 2.75) is 70.6 Å². The molecule has 0 saturated heterocycles. The first-order valence-corrected chi connectivity index (χ1v) is 39.5. The predicted molar refractivity (Wildman–Crippen MR) is 459 cm³/mol. The number of aliphatic imine (C=N–C) groups is 1. The van der Waals surface area contributed by atoms with E-state index in [1.807, 2.05) is 245 Å². The predicted octanol–water partition coefficient (Wildman–Crippen LogP) is 18.9. The molecule has 0 spiro atoms. The molecule has 20 nitrogen and oxygen atoms in total. The van der Waals surface area contributed by atoms with Crippen LogP contribution in [0.25, 0.3) is 106 Å². The minimum absolute atomic E-state index is 0.789. The molecule has 115 heavy (non-hydrogen) atoms. The number of thiophene rings is 1. The van der Waals surface area contributed by atoms with Crippen molar-refractivity contribution in [1.82, 2.24) is 88.0 Å². The summed E-state index contributed by atoms with van der Waals surface area (Å²) in [6, 6.07) is 74.5. The number of aryl methyl sites for hydroxylation is 13. The van der Waals surface area contributed by atoms with Gasteiger partial charge in [0.25, 0.3) is 0 Å². The van der Waals surface area contributed by atoms with Crippen LogP contribution in [0.3, 0.4) is 0 Å². The Bertz CT molecular complexity index is 6390. The molecular weight excluding hydrogens is 1440 g/mol. The van der Waals surface area contributed by atoms with Gasteiger partial charge in [-0.15, -0.1) is 0 Å². The van der Waals surface area contributed by atoms with Gasteiger partial charge >= 0.3 is 0 Å². The van der Waals surface area contributed by atoms with Crippen molar-refractivity contribution < 1.29 is 4.42 Å². The second kappa shape index (κ2) is 36.0. The number of benzene rings is 8. The van der Waals surface area contributed by atoms with Crippen molar-refractivity contribution in [3.8, 4) is 34.0 Å². The van der Waals surface area contributed by atoms with Gasteiger partial charge in [0.15, 0.2) is 5.76 Å². The third-order valence-corrected chi connectivity index (χ3v) is 20.6. The highest BCUT2D eigenvalue weighted by atomic mass is 32.1. The van der Waals surface area contributed by atoms with Crippen LogP contribution in [0.4, 0.5) is 0 Å². The molecular formula is C94H83N19OS. The maximum Gasteiger partial charge on any atom is 0.153 e. The van der Waals surface area contributed by atoms with Crippen molar-refractivity contribution in [3.05, 3.63) is 354 Å². The fourth-order valence-corrected chi connectivity index (χ4v) is 14.4. The van der Waals surface area contributed by atoms with Gasteiger partial charge in [-0.25, -0.2) is 44.9 Å². The Morgan fingerprint density at radius 1 is 0.313 bits per heavy atom. The first-order valence-electron chi connectivity index (χ1n) is 38.5. The summed E-state index contributed by atoms with van der Waals surface area (Å²) < 4.78 is 13.8. The smallest absolute Gasteiger partial charge is 0.153 e. The molecule has 1 aliphatic rings. The fraction of sp³-hybridized carbons (Fsp3) is 0.160. The molecule has 12 heterocycles. The molecule has 0 atom stereocenters. The molecule has 8 aromatic carbocycles. The summed E-state index contributed by atoms with van der Waals surface area (Å²) in [4.78, 5) is 69.4. The number of hydrogen-bond donors (Lipinski definition) is 0. The third kappa shape index (κ3) is 19.0. The minimum atomic E-state index is 0.789. The Balaban J connectivity index is 0.000000108. The Hall–Kier alpha value is -14.1. The van der Waals surface area contributed by atoms with Crippen LogP contribution in [-0.4, -0.2) is 93.8 Å². The first-order chi connectivity index (χ1) is 56.6. The summed E-state index contributed by atoms with van der Waals surface area (Å²) in [5.74, 6) is 5.00. The third-order valence-electron chi connectivity index (χ3n) is 19.9. The second-order valence-electron chi connectivity index (χ2n) is 28.0. The molecule has 0 bridgehead atoms. The number of allylic oxidation sites excluding steroid dienone is 1. The van der Waals surface area contributed by atoms with Gasteiger partial charge in [-0.1, -0.05) is 140 Å². The highest BCUT2D eigenvalue weighted by molar-refractivity contribution is 7.08. The monoisotopic (exact) mass is 1530 g/mol. The number of para-hydroxylation sites is 12. The highest BCUT2D eigenvalue weighted by Gasteiger charge is 2.16. The number of aromatic nitrogens is 18. The van der Waals surface area contributed by atoms with Crippen LogP contribution >= 0.6 is 11.3 Å². The van der Waals surface area contributed by atoms with Crippen LogP contribution in [0.2, 0.25) is 0 Å². The van der Waals surface area contributed by atoms with E-state index in [0.717, 1.165) is 217 Å². The zero-order chi connectivity index (χ0) is 78.1. The normalized spacial score (nSPS) is 11.7. The maximum absolute atomic E-state index is 5.40. The van der Waals surface area contributed by atoms with Gasteiger partial charge < -0.3 is 22.7 Å². The first kappa shape index (κ1) is 75.0. The maximum atomic E-state index is 5.40. The summed E-state index contributed by atoms with van der Waals surface area (Å²) >= 11 is 1.69. The van der Waals surface area contributed by atoms with Crippen molar-refractivity contribution in [2.24, 2.45) is 33.2 Å². The molecule has 0 saturated carbocycles. The Labute approximate surface area is 669 Å². The quantitative estimate of drug-likeness (QED) is 0.0733. The van der Waals surface area contributed by atoms with Crippen molar-refractivity contribution in [3.63, 3.8) is 0 Å². The van der Waals surface area contributed by atoms with E-state index >= 15 is 0 Å². The van der Waals surface area contributed by atoms with Gasteiger partial charge in [-0.3, -0.25) is 29.9 Å². The molecule has 11 aromatic heterocycles. The molecule has 0 radical (unpaired) electrons. The van der Waals surface area contributed by atoms with Crippen LogP contribution in [0.1, 0.15) is 70.2 Å². The molecule has 566 valence electrons.